The van der Waals surface area contributed by atoms with Crippen LogP contribution in [0.1, 0.15) is 70.8 Å². The summed E-state index contributed by atoms with van der Waals surface area (Å²) in [5, 5.41) is 10.2. The Morgan fingerprint density at radius 1 is 1.06 bits per heavy atom. The van der Waals surface area contributed by atoms with Crippen LogP contribution in [0.4, 0.5) is 4.39 Å². The van der Waals surface area contributed by atoms with Crippen molar-refractivity contribution in [2.75, 3.05) is 0 Å². The molecule has 0 aromatic heterocycles. The van der Waals surface area contributed by atoms with Gasteiger partial charge in [-0.3, -0.25) is 4.79 Å². The van der Waals surface area contributed by atoms with Crippen molar-refractivity contribution in [2.45, 2.75) is 71.3 Å². The molecule has 31 heavy (non-hydrogen) atoms. The maximum atomic E-state index is 13.2. The molecule has 1 aromatic rings. The zero-order chi connectivity index (χ0) is 21.8. The number of hydrogen-bond acceptors (Lipinski definition) is 2. The topological polar surface area (TPSA) is 37.3 Å². The van der Waals surface area contributed by atoms with E-state index in [1.165, 1.54) is 24.1 Å². The second kappa shape index (κ2) is 7.69. The summed E-state index contributed by atoms with van der Waals surface area (Å²) in [5.41, 5.74) is 2.70. The van der Waals surface area contributed by atoms with Gasteiger partial charge in [-0.2, -0.15) is 0 Å². The number of rotatable bonds is 3. The van der Waals surface area contributed by atoms with Crippen LogP contribution in [-0.2, 0) is 4.79 Å². The van der Waals surface area contributed by atoms with Crippen molar-refractivity contribution in [1.29, 1.82) is 0 Å². The molecule has 5 rings (SSSR count). The maximum Gasteiger partial charge on any atom is 0.159 e. The fourth-order valence-electron chi connectivity index (χ4n) is 7.98. The summed E-state index contributed by atoms with van der Waals surface area (Å²) in [4.78, 5) is 13.2. The number of ketones is 1. The first-order valence-electron chi connectivity index (χ1n) is 12.2. The number of carbonyl (C=O) groups excluding carboxylic acids is 1. The molecule has 1 aromatic carbocycles. The van der Waals surface area contributed by atoms with Crippen LogP contribution in [0.25, 0.3) is 6.08 Å². The summed E-state index contributed by atoms with van der Waals surface area (Å²) in [7, 11) is 0. The van der Waals surface area contributed by atoms with Crippen LogP contribution in [0, 0.1) is 40.3 Å². The van der Waals surface area contributed by atoms with Gasteiger partial charge in [-0.1, -0.05) is 43.7 Å². The summed E-state index contributed by atoms with van der Waals surface area (Å²) >= 11 is 0. The summed E-state index contributed by atoms with van der Waals surface area (Å²) in [6, 6.07) is 6.32. The van der Waals surface area contributed by atoms with Crippen LogP contribution in [0.3, 0.4) is 0 Å². The number of hydrogen-bond donors (Lipinski definition) is 1. The van der Waals surface area contributed by atoms with Crippen molar-refractivity contribution in [1.82, 2.24) is 0 Å². The van der Waals surface area contributed by atoms with Crippen molar-refractivity contribution in [3.8, 4) is 0 Å². The lowest BCUT2D eigenvalue weighted by atomic mass is 9.47. The van der Waals surface area contributed by atoms with Gasteiger partial charge in [0.2, 0.25) is 0 Å². The molecule has 4 aliphatic carbocycles. The molecule has 2 nitrogen and oxygen atoms in total. The summed E-state index contributed by atoms with van der Waals surface area (Å²) < 4.78 is 13.1. The van der Waals surface area contributed by atoms with Gasteiger partial charge in [0.25, 0.3) is 0 Å². The zero-order valence-corrected chi connectivity index (χ0v) is 18.8. The highest BCUT2D eigenvalue weighted by Crippen LogP contribution is 2.66. The lowest BCUT2D eigenvalue weighted by Crippen LogP contribution is -2.50. The molecule has 3 fully saturated rings. The smallest absolute Gasteiger partial charge is 0.159 e. The van der Waals surface area contributed by atoms with Gasteiger partial charge in [0.1, 0.15) is 5.82 Å². The summed E-state index contributed by atoms with van der Waals surface area (Å²) in [6.07, 6.45) is 14.4. The Kier molecular flexibility index (Phi) is 5.24. The Hall–Kier alpha value is -1.74. The summed E-state index contributed by atoms with van der Waals surface area (Å²) in [6.45, 7) is 4.83. The van der Waals surface area contributed by atoms with Crippen molar-refractivity contribution in [3.63, 3.8) is 0 Å². The second-order valence-corrected chi connectivity index (χ2v) is 11.1. The van der Waals surface area contributed by atoms with E-state index in [9.17, 15) is 14.3 Å². The van der Waals surface area contributed by atoms with E-state index in [2.05, 4.69) is 19.9 Å². The van der Waals surface area contributed by atoms with Gasteiger partial charge >= 0.3 is 0 Å². The molecule has 0 radical (unpaired) electrons. The molecule has 4 aliphatic rings. The number of aliphatic hydroxyl groups excluding tert-OH is 1. The van der Waals surface area contributed by atoms with Crippen LogP contribution >= 0.6 is 0 Å². The third kappa shape index (κ3) is 3.44. The quantitative estimate of drug-likeness (QED) is 0.455. The van der Waals surface area contributed by atoms with Gasteiger partial charge in [0.05, 0.1) is 6.10 Å². The van der Waals surface area contributed by atoms with E-state index in [1.807, 2.05) is 6.08 Å². The predicted molar refractivity (Wildman–Crippen MR) is 122 cm³/mol. The van der Waals surface area contributed by atoms with Crippen LogP contribution in [-0.4, -0.2) is 17.0 Å². The Balaban J connectivity index is 1.35. The van der Waals surface area contributed by atoms with Crippen molar-refractivity contribution in [3.05, 3.63) is 53.4 Å². The summed E-state index contributed by atoms with van der Waals surface area (Å²) in [5.74, 6) is 2.06. The lowest BCUT2D eigenvalue weighted by Gasteiger charge is -2.57. The zero-order valence-electron chi connectivity index (χ0n) is 18.8. The van der Waals surface area contributed by atoms with Crippen molar-refractivity contribution < 1.29 is 14.3 Å². The van der Waals surface area contributed by atoms with Gasteiger partial charge in [0.15, 0.2) is 5.78 Å². The maximum absolute atomic E-state index is 13.2. The Labute approximate surface area is 185 Å². The first-order chi connectivity index (χ1) is 14.8. The fourth-order valence-corrected chi connectivity index (χ4v) is 7.98. The van der Waals surface area contributed by atoms with E-state index in [0.717, 1.165) is 50.5 Å². The molecule has 166 valence electrons. The molecule has 3 saturated carbocycles. The van der Waals surface area contributed by atoms with E-state index in [1.54, 1.807) is 18.2 Å². The molecular formula is C28H35FO2. The second-order valence-electron chi connectivity index (χ2n) is 11.1. The SMILES string of the molecule is CC12CCC(O)CC1=CCC1C2CCC2(C)C(C(=O)/C=C/c3ccc(F)cc3)CCC12. The third-order valence-electron chi connectivity index (χ3n) is 9.73. The Bertz CT molecular complexity index is 915. The van der Waals surface area contributed by atoms with E-state index < -0.39 is 0 Å². The lowest BCUT2D eigenvalue weighted by molar-refractivity contribution is -0.124. The molecule has 7 unspecified atom stereocenters. The largest absolute Gasteiger partial charge is 0.393 e. The van der Waals surface area contributed by atoms with Gasteiger partial charge in [-0.25, -0.2) is 4.39 Å². The van der Waals surface area contributed by atoms with E-state index in [0.29, 0.717) is 17.8 Å². The molecule has 3 heteroatoms. The van der Waals surface area contributed by atoms with E-state index in [-0.39, 0.29) is 34.5 Å². The first-order valence-corrected chi connectivity index (χ1v) is 12.2. The highest BCUT2D eigenvalue weighted by molar-refractivity contribution is 5.96. The first kappa shape index (κ1) is 21.1. The highest BCUT2D eigenvalue weighted by Gasteiger charge is 2.59. The van der Waals surface area contributed by atoms with Crippen LogP contribution < -0.4 is 0 Å². The molecule has 7 atom stereocenters. The normalized spacial score (nSPS) is 41.9. The number of fused-ring (bicyclic) bond motifs is 5. The Morgan fingerprint density at radius 3 is 2.61 bits per heavy atom. The molecule has 1 N–H and O–H groups in total. The number of benzene rings is 1. The number of carbonyl (C=O) groups is 1. The van der Waals surface area contributed by atoms with Gasteiger partial charge in [-0.15, -0.1) is 0 Å². The van der Waals surface area contributed by atoms with Crippen molar-refractivity contribution >= 4 is 11.9 Å². The molecule has 0 bridgehead atoms. The average Bonchev–Trinajstić information content (AvgIpc) is 3.11. The van der Waals surface area contributed by atoms with Gasteiger partial charge in [-0.05, 0) is 104 Å². The molecule has 0 amide bonds. The van der Waals surface area contributed by atoms with Gasteiger partial charge in [0, 0.05) is 5.92 Å². The van der Waals surface area contributed by atoms with Crippen LogP contribution in [0.15, 0.2) is 42.0 Å². The molecule has 0 spiro atoms. The number of allylic oxidation sites excluding steroid dienone is 2. The molecule has 0 heterocycles. The highest BCUT2D eigenvalue weighted by atomic mass is 19.1. The molecule has 0 saturated heterocycles. The molecule has 0 aliphatic heterocycles. The van der Waals surface area contributed by atoms with Crippen LogP contribution in [0.5, 0.6) is 0 Å². The number of halogens is 1. The molecular weight excluding hydrogens is 387 g/mol. The minimum absolute atomic E-state index is 0.0846. The number of aliphatic hydroxyl groups is 1. The third-order valence-corrected chi connectivity index (χ3v) is 9.73. The van der Waals surface area contributed by atoms with Gasteiger partial charge < -0.3 is 5.11 Å². The standard InChI is InChI=1S/C28H35FO2/c1-27-15-13-21(30)17-19(27)6-9-22-23-10-11-25(28(23,2)16-14-24(22)27)26(31)12-5-18-3-7-20(29)8-4-18/h3-8,12,21-25,30H,9-11,13-17H2,1-2H3/b12-5+. The van der Waals surface area contributed by atoms with Crippen LogP contribution in [0.2, 0.25) is 0 Å². The van der Waals surface area contributed by atoms with E-state index >= 15 is 0 Å². The average molecular weight is 423 g/mol. The minimum atomic E-state index is -0.253. The fraction of sp³-hybridized carbons (Fsp3) is 0.607. The monoisotopic (exact) mass is 422 g/mol. The predicted octanol–water partition coefficient (Wildman–Crippen LogP) is 6.35. The minimum Gasteiger partial charge on any atom is -0.393 e. The Morgan fingerprint density at radius 2 is 1.84 bits per heavy atom. The van der Waals surface area contributed by atoms with E-state index in [4.69, 9.17) is 0 Å². The van der Waals surface area contributed by atoms with Crippen molar-refractivity contribution in [2.24, 2.45) is 34.5 Å².